The van der Waals surface area contributed by atoms with E-state index < -0.39 is 0 Å². The lowest BCUT2D eigenvalue weighted by Crippen LogP contribution is -2.12. The molecule has 2 unspecified atom stereocenters. The number of hydrogen-bond acceptors (Lipinski definition) is 4. The molecule has 2 aromatic rings. The largest absolute Gasteiger partial charge is 0.492 e. The third kappa shape index (κ3) is 4.05. The number of benzene rings is 1. The molecule has 2 heterocycles. The van der Waals surface area contributed by atoms with Crippen LogP contribution in [0.5, 0.6) is 11.5 Å². The van der Waals surface area contributed by atoms with Gasteiger partial charge in [0, 0.05) is 31.9 Å². The van der Waals surface area contributed by atoms with Gasteiger partial charge in [-0.1, -0.05) is 0 Å². The third-order valence-electron chi connectivity index (χ3n) is 4.45. The average molecular weight is 313 g/mol. The van der Waals surface area contributed by atoms with E-state index in [1.54, 1.807) is 4.68 Å². The highest BCUT2D eigenvalue weighted by molar-refractivity contribution is 5.31. The Morgan fingerprint density at radius 1 is 1.13 bits per heavy atom. The maximum absolute atomic E-state index is 5.87. The van der Waals surface area contributed by atoms with E-state index >= 15 is 0 Å². The molecule has 2 fully saturated rings. The van der Waals surface area contributed by atoms with Gasteiger partial charge in [-0.15, -0.1) is 0 Å². The first-order valence-corrected chi connectivity index (χ1v) is 8.33. The van der Waals surface area contributed by atoms with Gasteiger partial charge in [0.15, 0.2) is 0 Å². The highest BCUT2D eigenvalue weighted by Crippen LogP contribution is 2.33. The van der Waals surface area contributed by atoms with Gasteiger partial charge in [-0.3, -0.25) is 9.58 Å². The predicted octanol–water partition coefficient (Wildman–Crippen LogP) is 2.47. The fourth-order valence-corrected chi connectivity index (χ4v) is 2.77. The Labute approximate surface area is 136 Å². The van der Waals surface area contributed by atoms with Crippen LogP contribution in [0.1, 0.15) is 18.4 Å². The molecule has 1 saturated heterocycles. The van der Waals surface area contributed by atoms with Gasteiger partial charge in [0.1, 0.15) is 24.7 Å². The van der Waals surface area contributed by atoms with E-state index in [9.17, 15) is 0 Å². The smallest absolute Gasteiger partial charge is 0.120 e. The molecule has 5 heteroatoms. The molecule has 4 rings (SSSR count). The quantitative estimate of drug-likeness (QED) is 0.702. The summed E-state index contributed by atoms with van der Waals surface area (Å²) in [5, 5.41) is 4.13. The fourth-order valence-electron chi connectivity index (χ4n) is 2.77. The molecule has 122 valence electrons. The normalized spacial score (nSPS) is 22.8. The van der Waals surface area contributed by atoms with E-state index in [1.165, 1.54) is 25.9 Å². The third-order valence-corrected chi connectivity index (χ3v) is 4.45. The van der Waals surface area contributed by atoms with E-state index in [2.05, 4.69) is 10.00 Å². The molecule has 0 spiro atoms. The molecule has 0 bridgehead atoms. The van der Waals surface area contributed by atoms with Crippen molar-refractivity contribution in [2.45, 2.75) is 25.5 Å². The van der Waals surface area contributed by atoms with Crippen LogP contribution < -0.4 is 9.47 Å². The van der Waals surface area contributed by atoms with Crippen molar-refractivity contribution in [3.05, 3.63) is 42.2 Å². The second-order valence-corrected chi connectivity index (χ2v) is 6.64. The fraction of sp³-hybridized carbons (Fsp3) is 0.500. The molecular formula is C18H23N3O2. The molecule has 0 amide bonds. The van der Waals surface area contributed by atoms with Crippen LogP contribution in [0.3, 0.4) is 0 Å². The lowest BCUT2D eigenvalue weighted by molar-refractivity contribution is 0.288. The molecule has 1 saturated carbocycles. The molecule has 1 aliphatic heterocycles. The maximum Gasteiger partial charge on any atom is 0.120 e. The average Bonchev–Trinajstić information content (AvgIpc) is 3.48. The van der Waals surface area contributed by atoms with E-state index in [-0.39, 0.29) is 0 Å². The summed E-state index contributed by atoms with van der Waals surface area (Å²) in [7, 11) is 1.90. The number of rotatable bonds is 8. The Morgan fingerprint density at radius 3 is 2.52 bits per heavy atom. The summed E-state index contributed by atoms with van der Waals surface area (Å²) in [6.45, 7) is 3.80. The van der Waals surface area contributed by atoms with Crippen LogP contribution in [-0.2, 0) is 13.7 Å². The number of ether oxygens (including phenoxy) is 2. The first-order chi connectivity index (χ1) is 11.3. The van der Waals surface area contributed by atoms with Gasteiger partial charge < -0.3 is 9.47 Å². The summed E-state index contributed by atoms with van der Waals surface area (Å²) in [6.07, 6.45) is 6.62. The van der Waals surface area contributed by atoms with Crippen LogP contribution >= 0.6 is 0 Å². The highest BCUT2D eigenvalue weighted by atomic mass is 16.5. The van der Waals surface area contributed by atoms with Gasteiger partial charge in [0.25, 0.3) is 0 Å². The molecule has 2 atom stereocenters. The van der Waals surface area contributed by atoms with Crippen LogP contribution in [0.15, 0.2) is 36.7 Å². The lowest BCUT2D eigenvalue weighted by Gasteiger charge is -2.08. The van der Waals surface area contributed by atoms with Crippen molar-refractivity contribution in [2.24, 2.45) is 13.0 Å². The Hall–Kier alpha value is -2.01. The lowest BCUT2D eigenvalue weighted by atomic mass is 10.3. The Balaban J connectivity index is 1.20. The van der Waals surface area contributed by atoms with Crippen molar-refractivity contribution >= 4 is 0 Å². The molecule has 1 aliphatic carbocycles. The number of nitrogens with zero attached hydrogens (tertiary/aromatic N) is 3. The van der Waals surface area contributed by atoms with Crippen molar-refractivity contribution in [1.29, 1.82) is 0 Å². The predicted molar refractivity (Wildman–Crippen MR) is 87.6 cm³/mol. The minimum Gasteiger partial charge on any atom is -0.492 e. The van der Waals surface area contributed by atoms with Crippen molar-refractivity contribution < 1.29 is 9.47 Å². The van der Waals surface area contributed by atoms with Crippen molar-refractivity contribution in [3.63, 3.8) is 0 Å². The molecule has 23 heavy (non-hydrogen) atoms. The summed E-state index contributed by atoms with van der Waals surface area (Å²) < 4.78 is 13.4. The van der Waals surface area contributed by atoms with E-state index in [1.807, 2.05) is 43.7 Å². The Bertz CT molecular complexity index is 649. The minimum atomic E-state index is 0.534. The topological polar surface area (TPSA) is 39.3 Å². The Morgan fingerprint density at radius 2 is 1.87 bits per heavy atom. The first-order valence-electron chi connectivity index (χ1n) is 8.33. The summed E-state index contributed by atoms with van der Waals surface area (Å²) in [5.41, 5.74) is 1.07. The zero-order valence-corrected chi connectivity index (χ0v) is 13.5. The molecule has 0 N–H and O–H groups in total. The van der Waals surface area contributed by atoms with Crippen molar-refractivity contribution in [2.75, 3.05) is 19.7 Å². The van der Waals surface area contributed by atoms with Gasteiger partial charge in [-0.25, -0.2) is 0 Å². The molecule has 0 radical (unpaired) electrons. The van der Waals surface area contributed by atoms with Crippen LogP contribution in [0.2, 0.25) is 0 Å². The van der Waals surface area contributed by atoms with Crippen LogP contribution in [0.4, 0.5) is 0 Å². The van der Waals surface area contributed by atoms with Crippen LogP contribution in [0.25, 0.3) is 0 Å². The van der Waals surface area contributed by atoms with Crippen molar-refractivity contribution in [1.82, 2.24) is 14.7 Å². The first kappa shape index (κ1) is 14.6. The van der Waals surface area contributed by atoms with Gasteiger partial charge in [0.2, 0.25) is 0 Å². The standard InChI is InChI=1S/C18H23N3O2/c1-20-9-15(8-19-20)12-22-17-4-6-18(7-5-17)23-13-16-11-21(16)10-14-2-3-14/h4-9,14,16H,2-3,10-13H2,1H3. The molecule has 5 nitrogen and oxygen atoms in total. The summed E-state index contributed by atoms with van der Waals surface area (Å²) in [5.74, 6) is 2.73. The summed E-state index contributed by atoms with van der Waals surface area (Å²) in [6, 6.07) is 8.50. The number of hydrogen-bond donors (Lipinski definition) is 0. The Kier molecular flexibility index (Phi) is 3.95. The van der Waals surface area contributed by atoms with Gasteiger partial charge >= 0.3 is 0 Å². The van der Waals surface area contributed by atoms with Gasteiger partial charge in [-0.05, 0) is 43.0 Å². The summed E-state index contributed by atoms with van der Waals surface area (Å²) >= 11 is 0. The number of aryl methyl sites for hydroxylation is 1. The summed E-state index contributed by atoms with van der Waals surface area (Å²) in [4.78, 5) is 2.52. The van der Waals surface area contributed by atoms with Gasteiger partial charge in [-0.2, -0.15) is 5.10 Å². The van der Waals surface area contributed by atoms with Gasteiger partial charge in [0.05, 0.1) is 12.2 Å². The molecule has 1 aromatic heterocycles. The van der Waals surface area contributed by atoms with Crippen LogP contribution in [-0.4, -0.2) is 40.4 Å². The minimum absolute atomic E-state index is 0.534. The molecule has 2 aliphatic rings. The number of aromatic nitrogens is 2. The second-order valence-electron chi connectivity index (χ2n) is 6.64. The highest BCUT2D eigenvalue weighted by Gasteiger charge is 2.38. The van der Waals surface area contributed by atoms with E-state index in [4.69, 9.17) is 9.47 Å². The zero-order chi connectivity index (χ0) is 15.6. The SMILES string of the molecule is Cn1cc(COc2ccc(OCC3CN3CC3CC3)cc2)cn1. The van der Waals surface area contributed by atoms with E-state index in [0.29, 0.717) is 12.6 Å². The van der Waals surface area contributed by atoms with E-state index in [0.717, 1.165) is 29.6 Å². The maximum atomic E-state index is 5.87. The zero-order valence-electron chi connectivity index (χ0n) is 13.5. The molecule has 1 aromatic carbocycles. The molecular weight excluding hydrogens is 290 g/mol. The van der Waals surface area contributed by atoms with Crippen molar-refractivity contribution in [3.8, 4) is 11.5 Å². The monoisotopic (exact) mass is 313 g/mol. The van der Waals surface area contributed by atoms with Crippen LogP contribution in [0, 0.1) is 5.92 Å². The second kappa shape index (κ2) is 6.24.